The molecular weight excluding hydrogens is 293 g/mol. The molecule has 0 aliphatic rings. The van der Waals surface area contributed by atoms with Crippen molar-refractivity contribution in [1.29, 1.82) is 0 Å². The number of nitrogens with zero attached hydrogens (tertiary/aromatic N) is 1. The van der Waals surface area contributed by atoms with Crippen LogP contribution in [0.4, 0.5) is 10.1 Å². The maximum absolute atomic E-state index is 12.9. The van der Waals surface area contributed by atoms with Gasteiger partial charge in [-0.2, -0.15) is 5.10 Å². The lowest BCUT2D eigenvalue weighted by Gasteiger charge is -2.04. The highest BCUT2D eigenvalue weighted by Gasteiger charge is 2.11. The molecule has 0 radical (unpaired) electrons. The van der Waals surface area contributed by atoms with E-state index in [1.807, 2.05) is 24.3 Å². The number of nitrogens with one attached hydrogen (secondary N) is 2. The minimum Gasteiger partial charge on any atom is -0.321 e. The highest BCUT2D eigenvalue weighted by Crippen LogP contribution is 2.19. The van der Waals surface area contributed by atoms with Gasteiger partial charge in [0.1, 0.15) is 11.5 Å². The van der Waals surface area contributed by atoms with E-state index >= 15 is 0 Å². The zero-order chi connectivity index (χ0) is 16.2. The second-order valence-electron chi connectivity index (χ2n) is 5.18. The van der Waals surface area contributed by atoms with Gasteiger partial charge < -0.3 is 5.32 Å². The lowest BCUT2D eigenvalue weighted by Crippen LogP contribution is -2.12. The van der Waals surface area contributed by atoms with E-state index in [1.54, 1.807) is 18.2 Å². The van der Waals surface area contributed by atoms with E-state index in [1.165, 1.54) is 17.7 Å². The molecule has 3 rings (SSSR count). The molecule has 1 aromatic heterocycles. The number of hydrogen-bond donors (Lipinski definition) is 2. The molecule has 0 saturated heterocycles. The summed E-state index contributed by atoms with van der Waals surface area (Å²) in [5.74, 6) is -0.576. The van der Waals surface area contributed by atoms with Crippen molar-refractivity contribution in [1.82, 2.24) is 10.2 Å². The lowest BCUT2D eigenvalue weighted by atomic mass is 10.1. The SMILES string of the molecule is CCc1ccc(NC(=O)c2cc(-c3ccc(F)cc3)n[nH]2)cc1. The fourth-order valence-corrected chi connectivity index (χ4v) is 2.23. The Balaban J connectivity index is 1.74. The molecule has 0 aliphatic heterocycles. The van der Waals surface area contributed by atoms with Crippen molar-refractivity contribution >= 4 is 11.6 Å². The second kappa shape index (κ2) is 6.44. The third kappa shape index (κ3) is 3.45. The number of hydrogen-bond acceptors (Lipinski definition) is 2. The minimum absolute atomic E-state index is 0.268. The second-order valence-corrected chi connectivity index (χ2v) is 5.18. The molecule has 0 saturated carbocycles. The van der Waals surface area contributed by atoms with Crippen molar-refractivity contribution in [3.63, 3.8) is 0 Å². The summed E-state index contributed by atoms with van der Waals surface area (Å²) in [7, 11) is 0. The molecule has 1 amide bonds. The zero-order valence-electron chi connectivity index (χ0n) is 12.6. The summed E-state index contributed by atoms with van der Waals surface area (Å²) in [6, 6.07) is 15.3. The highest BCUT2D eigenvalue weighted by molar-refractivity contribution is 6.03. The molecular formula is C18H16FN3O. The Morgan fingerprint density at radius 1 is 1.13 bits per heavy atom. The Hall–Kier alpha value is -2.95. The Labute approximate surface area is 133 Å². The number of carbonyl (C=O) groups is 1. The number of anilines is 1. The van der Waals surface area contributed by atoms with Gasteiger partial charge in [0, 0.05) is 11.3 Å². The van der Waals surface area contributed by atoms with Crippen molar-refractivity contribution in [3.8, 4) is 11.3 Å². The van der Waals surface area contributed by atoms with Crippen LogP contribution in [-0.4, -0.2) is 16.1 Å². The first-order chi connectivity index (χ1) is 11.2. The number of H-pyrrole nitrogens is 1. The van der Waals surface area contributed by atoms with Crippen LogP contribution in [0, 0.1) is 5.82 Å². The first-order valence-corrected chi connectivity index (χ1v) is 7.37. The maximum atomic E-state index is 12.9. The van der Waals surface area contributed by atoms with Crippen molar-refractivity contribution in [2.75, 3.05) is 5.32 Å². The van der Waals surface area contributed by atoms with E-state index in [9.17, 15) is 9.18 Å². The van der Waals surface area contributed by atoms with Gasteiger partial charge >= 0.3 is 0 Å². The normalized spacial score (nSPS) is 10.5. The third-order valence-corrected chi connectivity index (χ3v) is 3.58. The summed E-state index contributed by atoms with van der Waals surface area (Å²) in [6.07, 6.45) is 0.954. The van der Waals surface area contributed by atoms with Crippen LogP contribution in [0.3, 0.4) is 0 Å². The highest BCUT2D eigenvalue weighted by atomic mass is 19.1. The Bertz CT molecular complexity index is 807. The number of aromatic amines is 1. The average molecular weight is 309 g/mol. The van der Waals surface area contributed by atoms with Crippen LogP contribution < -0.4 is 5.32 Å². The smallest absolute Gasteiger partial charge is 0.273 e. The van der Waals surface area contributed by atoms with Gasteiger partial charge in [0.25, 0.3) is 5.91 Å². The first-order valence-electron chi connectivity index (χ1n) is 7.37. The molecule has 23 heavy (non-hydrogen) atoms. The molecule has 3 aromatic rings. The molecule has 4 nitrogen and oxygen atoms in total. The number of carbonyl (C=O) groups excluding carboxylic acids is 1. The van der Waals surface area contributed by atoms with Crippen LogP contribution >= 0.6 is 0 Å². The molecule has 0 atom stereocenters. The number of amides is 1. The topological polar surface area (TPSA) is 57.8 Å². The largest absolute Gasteiger partial charge is 0.321 e. The summed E-state index contributed by atoms with van der Waals surface area (Å²) in [4.78, 5) is 12.2. The van der Waals surface area contributed by atoms with Gasteiger partial charge in [0.2, 0.25) is 0 Å². The van der Waals surface area contributed by atoms with E-state index in [2.05, 4.69) is 22.4 Å². The van der Waals surface area contributed by atoms with Crippen LogP contribution in [0.1, 0.15) is 23.0 Å². The van der Waals surface area contributed by atoms with Gasteiger partial charge in [0.05, 0.1) is 5.69 Å². The van der Waals surface area contributed by atoms with Crippen LogP contribution in [0.2, 0.25) is 0 Å². The van der Waals surface area contributed by atoms with Crippen molar-refractivity contribution < 1.29 is 9.18 Å². The van der Waals surface area contributed by atoms with E-state index in [0.717, 1.165) is 17.7 Å². The molecule has 116 valence electrons. The standard InChI is InChI=1S/C18H16FN3O/c1-2-12-3-9-15(10-4-12)20-18(23)17-11-16(21-22-17)13-5-7-14(19)8-6-13/h3-11H,2H2,1H3,(H,20,23)(H,21,22). The van der Waals surface area contributed by atoms with Crippen LogP contribution in [-0.2, 0) is 6.42 Å². The van der Waals surface area contributed by atoms with Crippen LogP contribution in [0.25, 0.3) is 11.3 Å². The molecule has 5 heteroatoms. The van der Waals surface area contributed by atoms with E-state index in [4.69, 9.17) is 0 Å². The number of aromatic nitrogens is 2. The molecule has 0 bridgehead atoms. The fourth-order valence-electron chi connectivity index (χ4n) is 2.23. The fraction of sp³-hybridized carbons (Fsp3) is 0.111. The van der Waals surface area contributed by atoms with Gasteiger partial charge in [-0.25, -0.2) is 4.39 Å². The van der Waals surface area contributed by atoms with Gasteiger partial charge in [-0.3, -0.25) is 9.89 Å². The molecule has 0 aliphatic carbocycles. The molecule has 2 N–H and O–H groups in total. The van der Waals surface area contributed by atoms with Gasteiger partial charge in [-0.1, -0.05) is 19.1 Å². The van der Waals surface area contributed by atoms with Crippen LogP contribution in [0.5, 0.6) is 0 Å². The molecule has 1 heterocycles. The Morgan fingerprint density at radius 2 is 1.83 bits per heavy atom. The quantitative estimate of drug-likeness (QED) is 0.764. The Morgan fingerprint density at radius 3 is 2.48 bits per heavy atom. The monoisotopic (exact) mass is 309 g/mol. The summed E-state index contributed by atoms with van der Waals surface area (Å²) in [6.45, 7) is 2.08. The summed E-state index contributed by atoms with van der Waals surface area (Å²) < 4.78 is 12.9. The minimum atomic E-state index is -0.308. The Kier molecular flexibility index (Phi) is 4.19. The third-order valence-electron chi connectivity index (χ3n) is 3.58. The first kappa shape index (κ1) is 15.0. The zero-order valence-corrected chi connectivity index (χ0v) is 12.6. The maximum Gasteiger partial charge on any atom is 0.273 e. The molecule has 0 unspecified atom stereocenters. The predicted octanol–water partition coefficient (Wildman–Crippen LogP) is 4.03. The van der Waals surface area contributed by atoms with Gasteiger partial charge in [0.15, 0.2) is 0 Å². The summed E-state index contributed by atoms with van der Waals surface area (Å²) in [5, 5.41) is 9.62. The summed E-state index contributed by atoms with van der Waals surface area (Å²) in [5.41, 5.74) is 3.63. The summed E-state index contributed by atoms with van der Waals surface area (Å²) >= 11 is 0. The van der Waals surface area contributed by atoms with Gasteiger partial charge in [-0.15, -0.1) is 0 Å². The van der Waals surface area contributed by atoms with E-state index in [0.29, 0.717) is 11.4 Å². The molecule has 0 fully saturated rings. The lowest BCUT2D eigenvalue weighted by molar-refractivity contribution is 0.102. The molecule has 0 spiro atoms. The number of halogens is 1. The average Bonchev–Trinajstić information content (AvgIpc) is 3.06. The predicted molar refractivity (Wildman–Crippen MR) is 87.8 cm³/mol. The van der Waals surface area contributed by atoms with Crippen LogP contribution in [0.15, 0.2) is 54.6 Å². The molecule has 2 aromatic carbocycles. The van der Waals surface area contributed by atoms with E-state index < -0.39 is 0 Å². The van der Waals surface area contributed by atoms with Crippen molar-refractivity contribution in [3.05, 3.63) is 71.7 Å². The van der Waals surface area contributed by atoms with Crippen molar-refractivity contribution in [2.45, 2.75) is 13.3 Å². The number of benzene rings is 2. The number of rotatable bonds is 4. The van der Waals surface area contributed by atoms with Crippen molar-refractivity contribution in [2.24, 2.45) is 0 Å². The number of aryl methyl sites for hydroxylation is 1. The van der Waals surface area contributed by atoms with E-state index in [-0.39, 0.29) is 11.7 Å². The van der Waals surface area contributed by atoms with Gasteiger partial charge in [-0.05, 0) is 54.4 Å².